The van der Waals surface area contributed by atoms with E-state index in [2.05, 4.69) is 35.9 Å². The maximum atomic E-state index is 13.2. The van der Waals surface area contributed by atoms with Crippen molar-refractivity contribution >= 4 is 46.1 Å². The van der Waals surface area contributed by atoms with Crippen LogP contribution in [0.5, 0.6) is 0 Å². The predicted octanol–water partition coefficient (Wildman–Crippen LogP) is 3.68. The SMILES string of the molecule is CCc1cccc2c(/C=C3\NC(=S)N(CC)C3=O)cn(CC(=O)N3CCCC[C@@H]3C)c12. The fourth-order valence-corrected chi connectivity index (χ4v) is 5.03. The Labute approximate surface area is 188 Å². The summed E-state index contributed by atoms with van der Waals surface area (Å²) in [5.41, 5.74) is 3.65. The lowest BCUT2D eigenvalue weighted by molar-refractivity contribution is -0.135. The van der Waals surface area contributed by atoms with Crippen LogP contribution in [-0.4, -0.2) is 50.4 Å². The molecule has 31 heavy (non-hydrogen) atoms. The molecule has 6 nitrogen and oxygen atoms in total. The Bertz CT molecular complexity index is 1070. The van der Waals surface area contributed by atoms with Crippen molar-refractivity contribution in [3.8, 4) is 0 Å². The molecule has 4 rings (SSSR count). The fraction of sp³-hybridized carbons (Fsp3) is 0.458. The van der Waals surface area contributed by atoms with Gasteiger partial charge in [-0.2, -0.15) is 0 Å². The van der Waals surface area contributed by atoms with Crippen molar-refractivity contribution in [3.63, 3.8) is 0 Å². The third-order valence-corrected chi connectivity index (χ3v) is 6.72. The molecule has 0 aliphatic carbocycles. The first-order chi connectivity index (χ1) is 14.9. The standard InChI is InChI=1S/C24H30N4O2S/c1-4-17-10-8-11-19-18(13-20-23(30)27(5-2)24(31)25-20)14-26(22(17)19)15-21(29)28-12-7-6-9-16(28)3/h8,10-11,13-14,16H,4-7,9,12,15H2,1-3H3,(H,25,31)/b20-13-/t16-/m0/s1. The summed E-state index contributed by atoms with van der Waals surface area (Å²) in [4.78, 5) is 29.4. The molecule has 3 heterocycles. The van der Waals surface area contributed by atoms with Gasteiger partial charge in [0, 0.05) is 36.3 Å². The van der Waals surface area contributed by atoms with Crippen LogP contribution in [0.3, 0.4) is 0 Å². The molecule has 2 aromatic rings. The van der Waals surface area contributed by atoms with Crippen LogP contribution in [-0.2, 0) is 22.6 Å². The van der Waals surface area contributed by atoms with Crippen molar-refractivity contribution in [1.82, 2.24) is 19.7 Å². The second-order valence-electron chi connectivity index (χ2n) is 8.35. The number of aromatic nitrogens is 1. The highest BCUT2D eigenvalue weighted by molar-refractivity contribution is 7.80. The highest BCUT2D eigenvalue weighted by Crippen LogP contribution is 2.28. The largest absolute Gasteiger partial charge is 0.338 e. The van der Waals surface area contributed by atoms with Gasteiger partial charge in [-0.3, -0.25) is 14.5 Å². The molecule has 1 aromatic heterocycles. The fourth-order valence-electron chi connectivity index (χ4n) is 4.71. The second-order valence-corrected chi connectivity index (χ2v) is 8.74. The predicted molar refractivity (Wildman–Crippen MR) is 127 cm³/mol. The van der Waals surface area contributed by atoms with E-state index in [1.165, 1.54) is 12.0 Å². The highest BCUT2D eigenvalue weighted by Gasteiger charge is 2.30. The number of thiocarbonyl (C=S) groups is 1. The van der Waals surface area contributed by atoms with Crippen molar-refractivity contribution in [2.24, 2.45) is 0 Å². The lowest BCUT2D eigenvalue weighted by Crippen LogP contribution is -2.43. The average Bonchev–Trinajstić information content (AvgIpc) is 3.24. The van der Waals surface area contributed by atoms with Gasteiger partial charge in [0.15, 0.2) is 5.11 Å². The van der Waals surface area contributed by atoms with E-state index in [4.69, 9.17) is 12.2 Å². The number of hydrogen-bond acceptors (Lipinski definition) is 3. The number of likely N-dealkylation sites (tertiary alicyclic amines) is 1. The van der Waals surface area contributed by atoms with Gasteiger partial charge in [-0.1, -0.05) is 25.1 Å². The third-order valence-electron chi connectivity index (χ3n) is 6.40. The van der Waals surface area contributed by atoms with Crippen LogP contribution in [0.15, 0.2) is 30.1 Å². The van der Waals surface area contributed by atoms with Gasteiger partial charge in [0.25, 0.3) is 5.91 Å². The minimum Gasteiger partial charge on any atom is -0.338 e. The molecular formula is C24H30N4O2S. The molecule has 0 bridgehead atoms. The summed E-state index contributed by atoms with van der Waals surface area (Å²) in [6.45, 7) is 7.84. The maximum Gasteiger partial charge on any atom is 0.276 e. The number of benzene rings is 1. The van der Waals surface area contributed by atoms with E-state index in [9.17, 15) is 9.59 Å². The number of likely N-dealkylation sites (N-methyl/N-ethyl adjacent to an activating group) is 1. The summed E-state index contributed by atoms with van der Waals surface area (Å²) < 4.78 is 2.06. The Morgan fingerprint density at radius 1 is 1.29 bits per heavy atom. The number of carbonyl (C=O) groups is 2. The van der Waals surface area contributed by atoms with Crippen LogP contribution in [0.1, 0.15) is 51.2 Å². The Hall–Kier alpha value is -2.67. The summed E-state index contributed by atoms with van der Waals surface area (Å²) in [7, 11) is 0. The van der Waals surface area contributed by atoms with Gasteiger partial charge in [0.05, 0.1) is 5.52 Å². The molecule has 2 fully saturated rings. The normalized spacial score (nSPS) is 20.7. The number of amides is 2. The molecule has 2 aliphatic rings. The third kappa shape index (κ3) is 3.99. The van der Waals surface area contributed by atoms with Gasteiger partial charge >= 0.3 is 0 Å². The van der Waals surface area contributed by atoms with E-state index >= 15 is 0 Å². The molecule has 0 unspecified atom stereocenters. The zero-order valence-electron chi connectivity index (χ0n) is 18.5. The Morgan fingerprint density at radius 3 is 2.77 bits per heavy atom. The quantitative estimate of drug-likeness (QED) is 0.572. The summed E-state index contributed by atoms with van der Waals surface area (Å²) in [5, 5.41) is 4.52. The molecule has 7 heteroatoms. The van der Waals surface area contributed by atoms with Crippen LogP contribution in [0.4, 0.5) is 0 Å². The average molecular weight is 439 g/mol. The molecular weight excluding hydrogens is 408 g/mol. The molecule has 0 spiro atoms. The van der Waals surface area contributed by atoms with Crippen molar-refractivity contribution in [2.75, 3.05) is 13.1 Å². The number of nitrogens with zero attached hydrogens (tertiary/aromatic N) is 3. The van der Waals surface area contributed by atoms with Crippen LogP contribution >= 0.6 is 12.2 Å². The summed E-state index contributed by atoms with van der Waals surface area (Å²) in [5.74, 6) is 0.0425. The van der Waals surface area contributed by atoms with Crippen molar-refractivity contribution in [2.45, 2.75) is 59.0 Å². The van der Waals surface area contributed by atoms with E-state index in [0.717, 1.165) is 42.3 Å². The summed E-state index contributed by atoms with van der Waals surface area (Å²) in [6.07, 6.45) is 8.05. The number of nitrogens with one attached hydrogen (secondary N) is 1. The lowest BCUT2D eigenvalue weighted by atomic mass is 10.0. The Morgan fingerprint density at radius 2 is 2.10 bits per heavy atom. The monoisotopic (exact) mass is 438 g/mol. The van der Waals surface area contributed by atoms with E-state index in [-0.39, 0.29) is 17.9 Å². The van der Waals surface area contributed by atoms with Crippen molar-refractivity contribution < 1.29 is 9.59 Å². The number of aryl methyl sites for hydroxylation is 1. The number of fused-ring (bicyclic) bond motifs is 1. The molecule has 1 aromatic carbocycles. The van der Waals surface area contributed by atoms with Crippen LogP contribution in [0, 0.1) is 0 Å². The van der Waals surface area contributed by atoms with E-state index in [1.807, 2.05) is 30.2 Å². The van der Waals surface area contributed by atoms with Crippen molar-refractivity contribution in [1.29, 1.82) is 0 Å². The molecule has 0 saturated carbocycles. The van der Waals surface area contributed by atoms with Gasteiger partial charge in [-0.15, -0.1) is 0 Å². The van der Waals surface area contributed by atoms with Gasteiger partial charge in [0.2, 0.25) is 5.91 Å². The van der Waals surface area contributed by atoms with Crippen LogP contribution < -0.4 is 5.32 Å². The summed E-state index contributed by atoms with van der Waals surface area (Å²) in [6, 6.07) is 6.49. The Balaban J connectivity index is 1.73. The number of hydrogen-bond donors (Lipinski definition) is 1. The van der Waals surface area contributed by atoms with Gasteiger partial charge in [0.1, 0.15) is 12.2 Å². The van der Waals surface area contributed by atoms with Crippen LogP contribution in [0.2, 0.25) is 0 Å². The summed E-state index contributed by atoms with van der Waals surface area (Å²) >= 11 is 5.29. The van der Waals surface area contributed by atoms with Gasteiger partial charge < -0.3 is 14.8 Å². The molecule has 0 radical (unpaired) electrons. The van der Waals surface area contributed by atoms with Crippen LogP contribution in [0.25, 0.3) is 17.0 Å². The van der Waals surface area contributed by atoms with E-state index < -0.39 is 0 Å². The highest BCUT2D eigenvalue weighted by atomic mass is 32.1. The molecule has 1 atom stereocenters. The molecule has 2 amide bonds. The number of rotatable bonds is 5. The maximum absolute atomic E-state index is 13.2. The second kappa shape index (κ2) is 8.83. The molecule has 2 saturated heterocycles. The first-order valence-corrected chi connectivity index (χ1v) is 11.6. The minimum atomic E-state index is -0.113. The number of carbonyl (C=O) groups excluding carboxylic acids is 2. The van der Waals surface area contributed by atoms with Gasteiger partial charge in [-0.25, -0.2) is 0 Å². The molecule has 1 N–H and O–H groups in total. The number of para-hydroxylation sites is 1. The number of piperidine rings is 1. The van der Waals surface area contributed by atoms with Gasteiger partial charge in [-0.05, 0) is 63.4 Å². The minimum absolute atomic E-state index is 0.113. The molecule has 164 valence electrons. The lowest BCUT2D eigenvalue weighted by Gasteiger charge is -2.33. The zero-order chi connectivity index (χ0) is 22.1. The smallest absolute Gasteiger partial charge is 0.276 e. The Kier molecular flexibility index (Phi) is 6.14. The topological polar surface area (TPSA) is 57.6 Å². The molecule has 2 aliphatic heterocycles. The zero-order valence-corrected chi connectivity index (χ0v) is 19.3. The van der Waals surface area contributed by atoms with E-state index in [1.54, 1.807) is 4.90 Å². The van der Waals surface area contributed by atoms with E-state index in [0.29, 0.717) is 23.9 Å². The first-order valence-electron chi connectivity index (χ1n) is 11.2. The van der Waals surface area contributed by atoms with Crippen molar-refractivity contribution in [3.05, 3.63) is 41.2 Å². The first kappa shape index (κ1) is 21.6.